The highest BCUT2D eigenvalue weighted by Crippen LogP contribution is 2.35. The molecule has 0 saturated heterocycles. The largest absolute Gasteiger partial charge is 0.496 e. The van der Waals surface area contributed by atoms with Gasteiger partial charge >= 0.3 is 0 Å². The van der Waals surface area contributed by atoms with Gasteiger partial charge in [0.2, 0.25) is 17.7 Å². The monoisotopic (exact) mass is 764 g/mol. The summed E-state index contributed by atoms with van der Waals surface area (Å²) in [5.41, 5.74) is 3.00. The maximum Gasteiger partial charge on any atom is 0.256 e. The van der Waals surface area contributed by atoms with Gasteiger partial charge in [0.15, 0.2) is 11.5 Å². The Morgan fingerprint density at radius 3 is 2.43 bits per heavy atom. The molecule has 3 heterocycles. The number of hydrogen-bond donors (Lipinski definition) is 4. The first-order chi connectivity index (χ1) is 27.1. The van der Waals surface area contributed by atoms with Gasteiger partial charge in [0.25, 0.3) is 11.8 Å². The Hall–Kier alpha value is -6.44. The molecule has 2 aliphatic rings. The Labute approximate surface area is 326 Å². The molecule has 2 atom stereocenters. The van der Waals surface area contributed by atoms with Gasteiger partial charge < -0.3 is 40.4 Å². The van der Waals surface area contributed by atoms with Crippen molar-refractivity contribution in [3.63, 3.8) is 0 Å². The number of ether oxygens (including phenoxy) is 3. The zero-order valence-electron chi connectivity index (χ0n) is 32.1. The van der Waals surface area contributed by atoms with E-state index in [1.54, 1.807) is 62.5 Å². The average Bonchev–Trinajstić information content (AvgIpc) is 3.20. The first-order valence-corrected chi connectivity index (χ1v) is 18.5. The number of carbonyl (C=O) groups is 5. The molecule has 4 aromatic rings. The molecule has 4 bridgehead atoms. The van der Waals surface area contributed by atoms with Crippen molar-refractivity contribution in [2.45, 2.75) is 58.2 Å². The fourth-order valence-corrected chi connectivity index (χ4v) is 6.15. The summed E-state index contributed by atoms with van der Waals surface area (Å²) in [4.78, 5) is 73.2. The van der Waals surface area contributed by atoms with Crippen LogP contribution in [0.1, 0.15) is 63.6 Å². The minimum atomic E-state index is -1.01. The molecular weight excluding hydrogens is 716 g/mol. The van der Waals surface area contributed by atoms with E-state index in [0.29, 0.717) is 71.1 Å². The summed E-state index contributed by atoms with van der Waals surface area (Å²) in [5, 5.41) is 11.3. The lowest BCUT2D eigenvalue weighted by Crippen LogP contribution is -2.54. The van der Waals surface area contributed by atoms with Crippen molar-refractivity contribution in [2.75, 3.05) is 33.9 Å². The SMILES string of the molecule is COc1cc2ccc1CNC(=O)[C@H](C)NC(=O)[C@H](CCc1ccccc1)NC(=O)CN(C(=O)c1cnccc1C)CCCCNC(=O)c1ccc(OC)c(c1)O2. The van der Waals surface area contributed by atoms with E-state index in [1.807, 2.05) is 30.3 Å². The van der Waals surface area contributed by atoms with Gasteiger partial charge in [-0.2, -0.15) is 0 Å². The Balaban J connectivity index is 1.41. The quantitative estimate of drug-likeness (QED) is 0.211. The van der Waals surface area contributed by atoms with E-state index in [1.165, 1.54) is 25.3 Å². The molecule has 56 heavy (non-hydrogen) atoms. The molecule has 0 unspecified atom stereocenters. The third-order valence-electron chi connectivity index (χ3n) is 9.37. The minimum Gasteiger partial charge on any atom is -0.496 e. The number of rotatable bonds is 6. The maximum absolute atomic E-state index is 13.8. The van der Waals surface area contributed by atoms with E-state index in [4.69, 9.17) is 14.2 Å². The highest BCUT2D eigenvalue weighted by molar-refractivity contribution is 5.98. The third-order valence-corrected chi connectivity index (χ3v) is 9.37. The molecule has 0 aliphatic carbocycles. The van der Waals surface area contributed by atoms with Crippen molar-refractivity contribution in [3.05, 3.63) is 113 Å². The summed E-state index contributed by atoms with van der Waals surface area (Å²) in [7, 11) is 2.99. The Morgan fingerprint density at radius 1 is 0.893 bits per heavy atom. The number of aromatic nitrogens is 1. The van der Waals surface area contributed by atoms with Crippen LogP contribution in [0.4, 0.5) is 0 Å². The van der Waals surface area contributed by atoms with Gasteiger partial charge in [-0.3, -0.25) is 29.0 Å². The van der Waals surface area contributed by atoms with Gasteiger partial charge in [0.1, 0.15) is 23.6 Å². The van der Waals surface area contributed by atoms with E-state index in [0.717, 1.165) is 5.56 Å². The zero-order valence-corrected chi connectivity index (χ0v) is 32.1. The topological polar surface area (TPSA) is 177 Å². The molecule has 1 aromatic heterocycles. The summed E-state index contributed by atoms with van der Waals surface area (Å²) in [6, 6.07) is 19.2. The van der Waals surface area contributed by atoms with Crippen molar-refractivity contribution in [1.82, 2.24) is 31.2 Å². The highest BCUT2D eigenvalue weighted by atomic mass is 16.5. The van der Waals surface area contributed by atoms with Crippen LogP contribution in [-0.2, 0) is 27.3 Å². The zero-order chi connectivity index (χ0) is 40.0. The molecule has 14 heteroatoms. The van der Waals surface area contributed by atoms with E-state index in [-0.39, 0.29) is 37.9 Å². The fraction of sp³-hybridized carbons (Fsp3) is 0.333. The second kappa shape index (κ2) is 19.8. The number of pyridine rings is 1. The molecule has 0 radical (unpaired) electrons. The van der Waals surface area contributed by atoms with Crippen LogP contribution in [0.2, 0.25) is 0 Å². The van der Waals surface area contributed by atoms with Crippen LogP contribution in [0, 0.1) is 6.92 Å². The predicted molar refractivity (Wildman–Crippen MR) is 209 cm³/mol. The lowest BCUT2D eigenvalue weighted by atomic mass is 10.0. The van der Waals surface area contributed by atoms with Crippen LogP contribution in [-0.4, -0.2) is 85.4 Å². The first kappa shape index (κ1) is 40.7. The maximum atomic E-state index is 13.8. The predicted octanol–water partition coefficient (Wildman–Crippen LogP) is 4.10. The number of fused-ring (bicyclic) bond motifs is 18. The number of carbonyl (C=O) groups excluding carboxylic acids is 5. The first-order valence-electron chi connectivity index (χ1n) is 18.5. The molecule has 0 fully saturated rings. The van der Waals surface area contributed by atoms with Crippen molar-refractivity contribution in [3.8, 4) is 23.0 Å². The molecule has 0 spiro atoms. The van der Waals surface area contributed by atoms with Crippen LogP contribution >= 0.6 is 0 Å². The number of methoxy groups -OCH3 is 2. The van der Waals surface area contributed by atoms with Gasteiger partial charge in [-0.25, -0.2) is 0 Å². The molecule has 3 aromatic carbocycles. The van der Waals surface area contributed by atoms with Gasteiger partial charge in [-0.05, 0) is 87.1 Å². The van der Waals surface area contributed by atoms with Crippen molar-refractivity contribution >= 4 is 29.5 Å². The standard InChI is InChI=1S/C42H48N6O8/c1-27-18-20-43-25-33(27)42(53)48-21-9-8-19-44-40(51)30-14-17-35(54-3)37(22-30)56-32-15-13-31(36(23-32)55-4)24-45-39(50)28(2)46-41(52)34(47-38(49)26-48)16-12-29-10-6-5-7-11-29/h5-7,10-11,13-15,17-18,20,22-23,25,28,34H,8-9,12,16,19,21,24,26H2,1-4H3,(H,44,51)(H,45,50)(H,46,52)(H,47,49)/t28-,34-/m0/s1. The van der Waals surface area contributed by atoms with Crippen LogP contribution in [0.5, 0.6) is 23.0 Å². The summed E-state index contributed by atoms with van der Waals surface area (Å²) in [5.74, 6) is -0.713. The summed E-state index contributed by atoms with van der Waals surface area (Å²) in [6.07, 6.45) is 4.71. The van der Waals surface area contributed by atoms with Crippen molar-refractivity contribution in [1.29, 1.82) is 0 Å². The second-order valence-electron chi connectivity index (χ2n) is 13.4. The number of hydrogen-bond acceptors (Lipinski definition) is 9. The normalized spacial score (nSPS) is 17.5. The second-order valence-corrected chi connectivity index (χ2v) is 13.4. The van der Waals surface area contributed by atoms with Crippen molar-refractivity contribution in [2.24, 2.45) is 0 Å². The van der Waals surface area contributed by atoms with Gasteiger partial charge in [0, 0.05) is 49.2 Å². The molecule has 14 nitrogen and oxygen atoms in total. The summed E-state index contributed by atoms with van der Waals surface area (Å²) >= 11 is 0. The number of nitrogens with one attached hydrogen (secondary N) is 4. The Kier molecular flexibility index (Phi) is 14.4. The van der Waals surface area contributed by atoms with Crippen LogP contribution < -0.4 is 35.5 Å². The molecule has 2 aliphatic heterocycles. The van der Waals surface area contributed by atoms with E-state index in [2.05, 4.69) is 26.3 Å². The van der Waals surface area contributed by atoms with Crippen molar-refractivity contribution < 1.29 is 38.2 Å². The molecular formula is C42H48N6O8. The van der Waals surface area contributed by atoms with Crippen LogP contribution in [0.3, 0.4) is 0 Å². The smallest absolute Gasteiger partial charge is 0.256 e. The summed E-state index contributed by atoms with van der Waals surface area (Å²) < 4.78 is 17.2. The average molecular weight is 765 g/mol. The third kappa shape index (κ3) is 11.1. The van der Waals surface area contributed by atoms with Gasteiger partial charge in [-0.1, -0.05) is 30.3 Å². The van der Waals surface area contributed by atoms with Crippen LogP contribution in [0.25, 0.3) is 0 Å². The molecule has 4 N–H and O–H groups in total. The Bertz CT molecular complexity index is 2020. The number of nitrogens with zero attached hydrogens (tertiary/aromatic N) is 2. The van der Waals surface area contributed by atoms with Gasteiger partial charge in [-0.15, -0.1) is 0 Å². The fourth-order valence-electron chi connectivity index (χ4n) is 6.15. The van der Waals surface area contributed by atoms with Crippen LogP contribution in [0.15, 0.2) is 85.2 Å². The lowest BCUT2D eigenvalue weighted by Gasteiger charge is -2.25. The molecule has 6 rings (SSSR count). The number of amides is 5. The molecule has 294 valence electrons. The molecule has 0 saturated carbocycles. The minimum absolute atomic E-state index is 0.0793. The lowest BCUT2D eigenvalue weighted by molar-refractivity contribution is -0.132. The van der Waals surface area contributed by atoms with Gasteiger partial charge in [0.05, 0.1) is 26.3 Å². The van der Waals surface area contributed by atoms with E-state index in [9.17, 15) is 24.0 Å². The van der Waals surface area contributed by atoms with E-state index < -0.39 is 29.8 Å². The molecule has 5 amide bonds. The number of benzene rings is 3. The Morgan fingerprint density at radius 2 is 1.68 bits per heavy atom. The highest BCUT2D eigenvalue weighted by Gasteiger charge is 2.27. The van der Waals surface area contributed by atoms with E-state index >= 15 is 0 Å². The summed E-state index contributed by atoms with van der Waals surface area (Å²) in [6.45, 7) is 3.58. The number of aryl methyl sites for hydroxylation is 2.